The molecule has 2 saturated carbocycles. The van der Waals surface area contributed by atoms with Crippen molar-refractivity contribution in [2.75, 3.05) is 31.6 Å². The molecule has 10 nitrogen and oxygen atoms in total. The minimum Gasteiger partial charge on any atom is -0.496 e. The van der Waals surface area contributed by atoms with Crippen molar-refractivity contribution >= 4 is 17.8 Å². The topological polar surface area (TPSA) is 118 Å². The van der Waals surface area contributed by atoms with Gasteiger partial charge in [-0.2, -0.15) is 0 Å². The second kappa shape index (κ2) is 14.5. The van der Waals surface area contributed by atoms with Crippen LogP contribution in [-0.4, -0.2) is 70.9 Å². The van der Waals surface area contributed by atoms with Crippen LogP contribution in [0.4, 0.5) is 10.6 Å². The van der Waals surface area contributed by atoms with Crippen LogP contribution in [0.15, 0.2) is 47.1 Å². The molecule has 3 heterocycles. The summed E-state index contributed by atoms with van der Waals surface area (Å²) in [4.78, 5) is 39.3. The minimum absolute atomic E-state index is 0.0821. The van der Waals surface area contributed by atoms with E-state index in [1.165, 1.54) is 10.5 Å². The van der Waals surface area contributed by atoms with Crippen molar-refractivity contribution in [2.45, 2.75) is 96.2 Å². The Morgan fingerprint density at radius 3 is 2.40 bits per heavy atom. The molecule has 1 aliphatic heterocycles. The van der Waals surface area contributed by atoms with E-state index in [1.54, 1.807) is 19.5 Å². The fourth-order valence-corrected chi connectivity index (χ4v) is 7.27. The van der Waals surface area contributed by atoms with E-state index >= 15 is 0 Å². The third-order valence-corrected chi connectivity index (χ3v) is 10.2. The number of β-amino-alcohol motifs (C(OH)–C–C–N with tert-alkyl or cyclic N) is 1. The SMILES string of the molecule is COc1ccc([C@H]2CC[C@H](CN(c3cc(-c4cnc(C(C)C)o4)ccn3)C(=O)[C@H]3CC[C@H](OC(=O)N4CC(O)C4)CC3)CC2)cc1C. The van der Waals surface area contributed by atoms with Crippen molar-refractivity contribution in [1.29, 1.82) is 0 Å². The molecule has 3 aromatic rings. The molecule has 1 N–H and O–H groups in total. The summed E-state index contributed by atoms with van der Waals surface area (Å²) in [6.07, 6.45) is 9.25. The van der Waals surface area contributed by atoms with Gasteiger partial charge in [-0.1, -0.05) is 26.0 Å². The maximum absolute atomic E-state index is 14.3. The molecule has 0 radical (unpaired) electrons. The standard InChI is InChI=1S/C37H48N4O6/c1-23(2)35-39-19-33(47-35)29-15-16-38-34(18-29)41(20-25-5-7-26(8-6-25)28-11-14-32(45-4)24(3)17-28)36(43)27-9-12-31(13-10-27)46-37(44)40-21-30(42)22-40/h11,14-19,23,25-27,30-31,42H,5-10,12-13,20-22H2,1-4H3/t25-,26-,27-,31-. The highest BCUT2D eigenvalue weighted by molar-refractivity contribution is 5.94. The number of aliphatic hydroxyl groups is 1. The molecule has 252 valence electrons. The average molecular weight is 645 g/mol. The molecule has 0 atom stereocenters. The molecule has 0 unspecified atom stereocenters. The summed E-state index contributed by atoms with van der Waals surface area (Å²) in [5.74, 6) is 3.84. The van der Waals surface area contributed by atoms with Gasteiger partial charge in [0.25, 0.3) is 0 Å². The maximum atomic E-state index is 14.3. The number of ether oxygens (including phenoxy) is 2. The van der Waals surface area contributed by atoms with E-state index in [0.29, 0.717) is 74.6 Å². The van der Waals surface area contributed by atoms with Gasteiger partial charge in [0.2, 0.25) is 5.91 Å². The Morgan fingerprint density at radius 1 is 1.02 bits per heavy atom. The minimum atomic E-state index is -0.461. The highest BCUT2D eigenvalue weighted by Crippen LogP contribution is 2.39. The number of oxazole rings is 1. The Hall–Kier alpha value is -3.92. The van der Waals surface area contributed by atoms with E-state index in [0.717, 1.165) is 42.6 Å². The smallest absolute Gasteiger partial charge is 0.410 e. The number of aliphatic hydroxyl groups excluding tert-OH is 1. The van der Waals surface area contributed by atoms with Crippen molar-refractivity contribution in [3.63, 3.8) is 0 Å². The van der Waals surface area contributed by atoms with Crippen LogP contribution in [-0.2, 0) is 9.53 Å². The van der Waals surface area contributed by atoms with Crippen molar-refractivity contribution < 1.29 is 28.6 Å². The molecule has 6 rings (SSSR count). The van der Waals surface area contributed by atoms with Crippen LogP contribution in [0.2, 0.25) is 0 Å². The predicted molar refractivity (Wildman–Crippen MR) is 178 cm³/mol. The molecule has 0 spiro atoms. The normalized spacial score (nSPS) is 23.3. The van der Waals surface area contributed by atoms with Gasteiger partial charge in [-0.3, -0.25) is 9.69 Å². The highest BCUT2D eigenvalue weighted by atomic mass is 16.6. The van der Waals surface area contributed by atoms with Crippen molar-refractivity contribution in [2.24, 2.45) is 11.8 Å². The predicted octanol–water partition coefficient (Wildman–Crippen LogP) is 6.86. The number of likely N-dealkylation sites (tertiary alicyclic amines) is 1. The van der Waals surface area contributed by atoms with Gasteiger partial charge in [0.15, 0.2) is 11.7 Å². The number of amides is 2. The zero-order valence-corrected chi connectivity index (χ0v) is 28.1. The fourth-order valence-electron chi connectivity index (χ4n) is 7.27. The molecule has 1 aromatic carbocycles. The maximum Gasteiger partial charge on any atom is 0.410 e. The molecular weight excluding hydrogens is 596 g/mol. The van der Waals surface area contributed by atoms with E-state index in [-0.39, 0.29) is 29.9 Å². The summed E-state index contributed by atoms with van der Waals surface area (Å²) < 4.78 is 17.2. The second-order valence-electron chi connectivity index (χ2n) is 13.9. The Bertz CT molecular complexity index is 1530. The van der Waals surface area contributed by atoms with Gasteiger partial charge in [-0.25, -0.2) is 14.8 Å². The molecule has 2 aliphatic carbocycles. The van der Waals surface area contributed by atoms with E-state index in [2.05, 4.69) is 30.1 Å². The molecule has 47 heavy (non-hydrogen) atoms. The number of methoxy groups -OCH3 is 1. The molecular formula is C37H48N4O6. The van der Waals surface area contributed by atoms with Crippen LogP contribution in [0.25, 0.3) is 11.3 Å². The number of anilines is 1. The molecule has 0 bridgehead atoms. The summed E-state index contributed by atoms with van der Waals surface area (Å²) in [5, 5.41) is 9.52. The summed E-state index contributed by atoms with van der Waals surface area (Å²) in [6.45, 7) is 7.44. The lowest BCUT2D eigenvalue weighted by molar-refractivity contribution is -0.124. The third-order valence-electron chi connectivity index (χ3n) is 10.2. The number of carbonyl (C=O) groups excluding carboxylic acids is 2. The van der Waals surface area contributed by atoms with Crippen LogP contribution >= 0.6 is 0 Å². The number of benzene rings is 1. The molecule has 2 aromatic heterocycles. The van der Waals surface area contributed by atoms with E-state index in [9.17, 15) is 14.7 Å². The van der Waals surface area contributed by atoms with Gasteiger partial charge >= 0.3 is 6.09 Å². The molecule has 3 aliphatic rings. The largest absolute Gasteiger partial charge is 0.496 e. The number of aryl methyl sites for hydroxylation is 1. The summed E-state index contributed by atoms with van der Waals surface area (Å²) in [5.41, 5.74) is 3.36. The number of aromatic nitrogens is 2. The van der Waals surface area contributed by atoms with Gasteiger partial charge in [-0.15, -0.1) is 0 Å². The number of hydrogen-bond acceptors (Lipinski definition) is 8. The first-order valence-electron chi connectivity index (χ1n) is 17.2. The molecule has 10 heteroatoms. The van der Waals surface area contributed by atoms with Crippen molar-refractivity contribution in [1.82, 2.24) is 14.9 Å². The Labute approximate surface area is 277 Å². The average Bonchev–Trinajstić information content (AvgIpc) is 3.57. The van der Waals surface area contributed by atoms with Crippen LogP contribution in [0, 0.1) is 18.8 Å². The zero-order valence-electron chi connectivity index (χ0n) is 28.1. The Morgan fingerprint density at radius 2 is 1.77 bits per heavy atom. The molecule has 3 fully saturated rings. The number of hydrogen-bond donors (Lipinski definition) is 1. The van der Waals surface area contributed by atoms with E-state index in [4.69, 9.17) is 18.9 Å². The first-order valence-corrected chi connectivity index (χ1v) is 17.2. The van der Waals surface area contributed by atoms with Crippen LogP contribution in [0.1, 0.15) is 94.1 Å². The van der Waals surface area contributed by atoms with Crippen LogP contribution < -0.4 is 9.64 Å². The Balaban J connectivity index is 1.15. The number of pyridine rings is 1. The number of rotatable bonds is 9. The third kappa shape index (κ3) is 7.64. The first-order chi connectivity index (χ1) is 22.7. The number of nitrogens with zero attached hydrogens (tertiary/aromatic N) is 4. The van der Waals surface area contributed by atoms with Crippen molar-refractivity contribution in [3.05, 3.63) is 59.7 Å². The number of carbonyl (C=O) groups is 2. The summed E-state index contributed by atoms with van der Waals surface area (Å²) >= 11 is 0. The van der Waals surface area contributed by atoms with Gasteiger partial charge in [0, 0.05) is 30.1 Å². The van der Waals surface area contributed by atoms with E-state index < -0.39 is 6.10 Å². The highest BCUT2D eigenvalue weighted by Gasteiger charge is 2.36. The zero-order chi connectivity index (χ0) is 33.1. The quantitative estimate of drug-likeness (QED) is 0.269. The van der Waals surface area contributed by atoms with Crippen molar-refractivity contribution in [3.8, 4) is 17.1 Å². The monoisotopic (exact) mass is 644 g/mol. The van der Waals surface area contributed by atoms with Gasteiger partial charge in [0.1, 0.15) is 17.7 Å². The summed E-state index contributed by atoms with van der Waals surface area (Å²) in [7, 11) is 1.71. The molecule has 2 amide bonds. The molecule has 1 saturated heterocycles. The van der Waals surface area contributed by atoms with Gasteiger partial charge in [-0.05, 0) is 99.5 Å². The van der Waals surface area contributed by atoms with Crippen LogP contribution in [0.3, 0.4) is 0 Å². The van der Waals surface area contributed by atoms with E-state index in [1.807, 2.05) is 30.9 Å². The second-order valence-corrected chi connectivity index (χ2v) is 13.9. The lowest BCUT2D eigenvalue weighted by Crippen LogP contribution is -2.54. The van der Waals surface area contributed by atoms with Gasteiger partial charge in [0.05, 0.1) is 32.5 Å². The van der Waals surface area contributed by atoms with Gasteiger partial charge < -0.3 is 23.9 Å². The fraction of sp³-hybridized carbons (Fsp3) is 0.568. The summed E-state index contributed by atoms with van der Waals surface area (Å²) in [6, 6.07) is 10.4. The lowest BCUT2D eigenvalue weighted by atomic mass is 9.78. The van der Waals surface area contributed by atoms with Crippen LogP contribution in [0.5, 0.6) is 5.75 Å². The lowest BCUT2D eigenvalue weighted by Gasteiger charge is -2.38. The first kappa shape index (κ1) is 33.0. The Kier molecular flexibility index (Phi) is 10.2.